The second kappa shape index (κ2) is 5.88. The van der Waals surface area contributed by atoms with Gasteiger partial charge >= 0.3 is 0 Å². The fraction of sp³-hybridized carbons (Fsp3) is 0.333. The summed E-state index contributed by atoms with van der Waals surface area (Å²) in [5, 5.41) is 15.4. The lowest BCUT2D eigenvalue weighted by Gasteiger charge is -2.22. The minimum absolute atomic E-state index is 0.374. The fourth-order valence-electron chi connectivity index (χ4n) is 1.76. The van der Waals surface area contributed by atoms with Gasteiger partial charge in [0.15, 0.2) is 6.23 Å². The maximum Gasteiger partial charge on any atom is 0.181 e. The summed E-state index contributed by atoms with van der Waals surface area (Å²) in [4.78, 5) is 4.00. The summed E-state index contributed by atoms with van der Waals surface area (Å²) in [6.07, 6.45) is -0.188. The molecule has 2 atom stereocenters. The van der Waals surface area contributed by atoms with E-state index < -0.39 is 12.3 Å². The first-order valence-corrected chi connectivity index (χ1v) is 6.32. The van der Waals surface area contributed by atoms with Crippen LogP contribution >= 0.6 is 23.2 Å². The van der Waals surface area contributed by atoms with Gasteiger partial charge in [-0.3, -0.25) is 0 Å². The number of aryl methyl sites for hydroxylation is 1. The summed E-state index contributed by atoms with van der Waals surface area (Å²) >= 11 is 11.9. The maximum atomic E-state index is 10.4. The van der Waals surface area contributed by atoms with Gasteiger partial charge in [-0.25, -0.2) is 9.67 Å². The molecule has 0 saturated carbocycles. The van der Waals surface area contributed by atoms with Gasteiger partial charge in [-0.15, -0.1) is 0 Å². The molecule has 19 heavy (non-hydrogen) atoms. The topological polar surface area (TPSA) is 60.2 Å². The zero-order valence-corrected chi connectivity index (χ0v) is 11.9. The van der Waals surface area contributed by atoms with Gasteiger partial charge < -0.3 is 9.84 Å². The van der Waals surface area contributed by atoms with E-state index in [9.17, 15) is 5.11 Å². The Morgan fingerprint density at radius 3 is 2.63 bits per heavy atom. The van der Waals surface area contributed by atoms with E-state index >= 15 is 0 Å². The summed E-state index contributed by atoms with van der Waals surface area (Å²) in [7, 11) is 1.48. The molecule has 0 aliphatic heterocycles. The minimum atomic E-state index is -0.976. The second-order valence-electron chi connectivity index (χ2n) is 4.01. The summed E-state index contributed by atoms with van der Waals surface area (Å²) in [6.45, 7) is 1.75. The Kier molecular flexibility index (Phi) is 4.42. The van der Waals surface area contributed by atoms with Crippen LogP contribution in [-0.4, -0.2) is 27.0 Å². The Bertz CT molecular complexity index is 574. The maximum absolute atomic E-state index is 10.4. The highest BCUT2D eigenvalue weighted by Gasteiger charge is 2.25. The summed E-state index contributed by atoms with van der Waals surface area (Å²) in [6, 6.07) is 4.89. The van der Waals surface area contributed by atoms with E-state index in [0.29, 0.717) is 21.4 Å². The quantitative estimate of drug-likeness (QED) is 0.943. The average molecular weight is 302 g/mol. The molecule has 1 N–H and O–H groups in total. The number of ether oxygens (including phenoxy) is 1. The van der Waals surface area contributed by atoms with Crippen molar-refractivity contribution in [3.05, 3.63) is 46.0 Å². The van der Waals surface area contributed by atoms with Crippen molar-refractivity contribution >= 4 is 23.2 Å². The van der Waals surface area contributed by atoms with Crippen LogP contribution in [0.15, 0.2) is 24.5 Å². The molecular weight excluding hydrogens is 289 g/mol. The molecule has 1 heterocycles. The number of nitrogens with zero attached hydrogens (tertiary/aromatic N) is 3. The highest BCUT2D eigenvalue weighted by molar-refractivity contribution is 6.35. The number of aromatic nitrogens is 3. The van der Waals surface area contributed by atoms with Crippen LogP contribution in [0, 0.1) is 6.92 Å². The van der Waals surface area contributed by atoms with E-state index in [1.165, 1.54) is 18.1 Å². The van der Waals surface area contributed by atoms with Crippen molar-refractivity contribution in [2.45, 2.75) is 19.3 Å². The smallest absolute Gasteiger partial charge is 0.181 e. The molecular formula is C12H13Cl2N3O2. The summed E-state index contributed by atoms with van der Waals surface area (Å²) in [5.41, 5.74) is 0.520. The lowest BCUT2D eigenvalue weighted by molar-refractivity contribution is -0.0672. The normalized spacial score (nSPS) is 14.4. The molecule has 0 bridgehead atoms. The predicted molar refractivity (Wildman–Crippen MR) is 72.2 cm³/mol. The third kappa shape index (κ3) is 3.06. The SMILES string of the molecule is COC(C(O)c1ccc(Cl)cc1Cl)n1cnc(C)n1. The Balaban J connectivity index is 2.32. The monoisotopic (exact) mass is 301 g/mol. The van der Waals surface area contributed by atoms with Gasteiger partial charge in [-0.05, 0) is 19.1 Å². The van der Waals surface area contributed by atoms with E-state index in [0.717, 1.165) is 0 Å². The first kappa shape index (κ1) is 14.3. The molecule has 0 saturated heterocycles. The molecule has 0 spiro atoms. The Hall–Kier alpha value is -1.14. The van der Waals surface area contributed by atoms with Crippen LogP contribution in [0.5, 0.6) is 0 Å². The van der Waals surface area contributed by atoms with Gasteiger partial charge in [-0.1, -0.05) is 29.3 Å². The van der Waals surface area contributed by atoms with Gasteiger partial charge in [-0.2, -0.15) is 5.10 Å². The van der Waals surface area contributed by atoms with Gasteiger partial charge in [0.05, 0.1) is 0 Å². The van der Waals surface area contributed by atoms with Gasteiger partial charge in [0, 0.05) is 22.7 Å². The van der Waals surface area contributed by atoms with Crippen molar-refractivity contribution in [1.29, 1.82) is 0 Å². The zero-order chi connectivity index (χ0) is 14.0. The highest BCUT2D eigenvalue weighted by Crippen LogP contribution is 2.32. The number of hydrogen-bond acceptors (Lipinski definition) is 4. The molecule has 5 nitrogen and oxygen atoms in total. The Labute approximate surface area is 120 Å². The average Bonchev–Trinajstić information content (AvgIpc) is 2.76. The van der Waals surface area contributed by atoms with Crippen LogP contribution < -0.4 is 0 Å². The van der Waals surface area contributed by atoms with Crippen LogP contribution in [-0.2, 0) is 4.74 Å². The number of halogens is 2. The van der Waals surface area contributed by atoms with E-state index in [1.54, 1.807) is 25.1 Å². The first-order chi connectivity index (χ1) is 9.02. The van der Waals surface area contributed by atoms with Crippen molar-refractivity contribution in [3.63, 3.8) is 0 Å². The number of hydrogen-bond donors (Lipinski definition) is 1. The van der Waals surface area contributed by atoms with Crippen molar-refractivity contribution < 1.29 is 9.84 Å². The van der Waals surface area contributed by atoms with Crippen LogP contribution in [0.2, 0.25) is 10.0 Å². The fourth-order valence-corrected chi connectivity index (χ4v) is 2.28. The molecule has 0 aliphatic rings. The van der Waals surface area contributed by atoms with Crippen LogP contribution in [0.4, 0.5) is 0 Å². The molecule has 0 fully saturated rings. The lowest BCUT2D eigenvalue weighted by atomic mass is 10.1. The van der Waals surface area contributed by atoms with Crippen molar-refractivity contribution in [1.82, 2.24) is 14.8 Å². The number of aliphatic hydroxyl groups excluding tert-OH is 1. The minimum Gasteiger partial charge on any atom is -0.384 e. The molecule has 2 aromatic rings. The molecule has 102 valence electrons. The Morgan fingerprint density at radius 1 is 1.37 bits per heavy atom. The van der Waals surface area contributed by atoms with Gasteiger partial charge in [0.2, 0.25) is 0 Å². The van der Waals surface area contributed by atoms with Crippen LogP contribution in [0.3, 0.4) is 0 Å². The molecule has 0 aliphatic carbocycles. The summed E-state index contributed by atoms with van der Waals surface area (Å²) in [5.74, 6) is 0.594. The molecule has 2 rings (SSSR count). The highest BCUT2D eigenvalue weighted by atomic mass is 35.5. The summed E-state index contributed by atoms with van der Waals surface area (Å²) < 4.78 is 6.72. The van der Waals surface area contributed by atoms with E-state index in [-0.39, 0.29) is 0 Å². The molecule has 1 aromatic heterocycles. The van der Waals surface area contributed by atoms with Gasteiger partial charge in [0.1, 0.15) is 18.3 Å². The molecule has 1 aromatic carbocycles. The molecule has 7 heteroatoms. The van der Waals surface area contributed by atoms with Crippen molar-refractivity contribution in [2.75, 3.05) is 7.11 Å². The zero-order valence-electron chi connectivity index (χ0n) is 10.4. The third-order valence-electron chi connectivity index (χ3n) is 2.68. The predicted octanol–water partition coefficient (Wildman–Crippen LogP) is 2.77. The number of methoxy groups -OCH3 is 1. The largest absolute Gasteiger partial charge is 0.384 e. The third-order valence-corrected chi connectivity index (χ3v) is 3.24. The van der Waals surface area contributed by atoms with Crippen LogP contribution in [0.25, 0.3) is 0 Å². The number of rotatable bonds is 4. The van der Waals surface area contributed by atoms with Crippen molar-refractivity contribution in [2.24, 2.45) is 0 Å². The lowest BCUT2D eigenvalue weighted by Crippen LogP contribution is -2.20. The number of benzene rings is 1. The number of aliphatic hydroxyl groups is 1. The molecule has 2 unspecified atom stereocenters. The van der Waals surface area contributed by atoms with E-state index in [4.69, 9.17) is 27.9 Å². The Morgan fingerprint density at radius 2 is 2.11 bits per heavy atom. The molecule has 0 amide bonds. The second-order valence-corrected chi connectivity index (χ2v) is 4.85. The van der Waals surface area contributed by atoms with Crippen molar-refractivity contribution in [3.8, 4) is 0 Å². The van der Waals surface area contributed by atoms with E-state index in [2.05, 4.69) is 10.1 Å². The standard InChI is InChI=1S/C12H13Cl2N3O2/c1-7-15-6-17(16-7)12(19-2)11(18)9-4-3-8(13)5-10(9)14/h3-6,11-12,18H,1-2H3. The first-order valence-electron chi connectivity index (χ1n) is 5.56. The molecule has 0 radical (unpaired) electrons. The van der Waals surface area contributed by atoms with Crippen LogP contribution in [0.1, 0.15) is 23.7 Å². The van der Waals surface area contributed by atoms with E-state index in [1.807, 2.05) is 0 Å². The van der Waals surface area contributed by atoms with Gasteiger partial charge in [0.25, 0.3) is 0 Å².